The van der Waals surface area contributed by atoms with Crippen molar-refractivity contribution in [3.63, 3.8) is 0 Å². The minimum absolute atomic E-state index is 0.0364. The van der Waals surface area contributed by atoms with Crippen molar-refractivity contribution in [3.8, 4) is 0 Å². The number of hydrogen-bond acceptors (Lipinski definition) is 2. The molecule has 1 saturated heterocycles. The van der Waals surface area contributed by atoms with Crippen LogP contribution in [0.3, 0.4) is 0 Å². The minimum Gasteiger partial charge on any atom is -0.334 e. The lowest BCUT2D eigenvalue weighted by Crippen LogP contribution is -2.40. The van der Waals surface area contributed by atoms with Crippen LogP contribution in [-0.4, -0.2) is 35.9 Å². The van der Waals surface area contributed by atoms with Crippen molar-refractivity contribution in [1.82, 2.24) is 4.90 Å². The highest BCUT2D eigenvalue weighted by atomic mass is 79.9. The Bertz CT molecular complexity index is 527. The second-order valence-electron chi connectivity index (χ2n) is 4.61. The van der Waals surface area contributed by atoms with Gasteiger partial charge < -0.3 is 4.90 Å². The summed E-state index contributed by atoms with van der Waals surface area (Å²) in [6, 6.07) is 6.61. The summed E-state index contributed by atoms with van der Waals surface area (Å²) in [7, 11) is 0. The lowest BCUT2D eigenvalue weighted by atomic mass is 9.97. The highest BCUT2D eigenvalue weighted by molar-refractivity contribution is 9.10. The zero-order valence-electron chi connectivity index (χ0n) is 10.3. The number of amides is 1. The number of benzene rings is 1. The predicted octanol–water partition coefficient (Wildman–Crippen LogP) is 3.04. The van der Waals surface area contributed by atoms with Gasteiger partial charge in [-0.05, 0) is 18.6 Å². The van der Waals surface area contributed by atoms with Crippen molar-refractivity contribution < 1.29 is 22.8 Å². The molecule has 108 valence electrons. The first-order valence-corrected chi connectivity index (χ1v) is 6.74. The van der Waals surface area contributed by atoms with E-state index in [1.807, 2.05) is 0 Å². The maximum atomic E-state index is 12.3. The van der Waals surface area contributed by atoms with E-state index in [9.17, 15) is 22.8 Å². The molecular weight excluding hydrogens is 339 g/mol. The third-order valence-electron chi connectivity index (χ3n) is 3.22. The van der Waals surface area contributed by atoms with Crippen molar-refractivity contribution >= 4 is 27.6 Å². The first-order valence-electron chi connectivity index (χ1n) is 5.95. The van der Waals surface area contributed by atoms with Crippen LogP contribution in [0.2, 0.25) is 0 Å². The van der Waals surface area contributed by atoms with Gasteiger partial charge in [-0.15, -0.1) is 0 Å². The third-order valence-corrected chi connectivity index (χ3v) is 3.75. The first-order chi connectivity index (χ1) is 9.29. The van der Waals surface area contributed by atoms with Crippen molar-refractivity contribution in [2.75, 3.05) is 13.1 Å². The molecule has 0 radical (unpaired) electrons. The quantitative estimate of drug-likeness (QED) is 0.769. The van der Waals surface area contributed by atoms with E-state index in [1.54, 1.807) is 24.3 Å². The van der Waals surface area contributed by atoms with Gasteiger partial charge in [-0.3, -0.25) is 9.59 Å². The van der Waals surface area contributed by atoms with Gasteiger partial charge in [0.05, 0.1) is 0 Å². The SMILES string of the molecule is O=C(c1ccc(Br)cc1)C1CCN(C(=O)C(F)(F)F)C1. The summed E-state index contributed by atoms with van der Waals surface area (Å²) in [5.74, 6) is -2.67. The largest absolute Gasteiger partial charge is 0.471 e. The summed E-state index contributed by atoms with van der Waals surface area (Å²) in [6.07, 6.45) is -4.62. The Morgan fingerprint density at radius 1 is 1.20 bits per heavy atom. The van der Waals surface area contributed by atoms with Crippen LogP contribution in [0, 0.1) is 5.92 Å². The normalized spacial score (nSPS) is 19.2. The summed E-state index contributed by atoms with van der Waals surface area (Å²) in [5, 5.41) is 0. The predicted molar refractivity (Wildman–Crippen MR) is 69.2 cm³/mol. The summed E-state index contributed by atoms with van der Waals surface area (Å²) < 4.78 is 37.8. The van der Waals surface area contributed by atoms with E-state index >= 15 is 0 Å². The molecule has 1 amide bonds. The lowest BCUT2D eigenvalue weighted by molar-refractivity contribution is -0.184. The topological polar surface area (TPSA) is 37.4 Å². The molecule has 1 aliphatic heterocycles. The number of halogens is 4. The zero-order chi connectivity index (χ0) is 14.9. The molecule has 1 aromatic carbocycles. The highest BCUT2D eigenvalue weighted by Gasteiger charge is 2.45. The standard InChI is InChI=1S/C13H11BrF3NO2/c14-10-3-1-8(2-4-10)11(19)9-5-6-18(7-9)12(20)13(15,16)17/h1-4,9H,5-7H2. The van der Waals surface area contributed by atoms with E-state index < -0.39 is 18.0 Å². The maximum Gasteiger partial charge on any atom is 0.471 e. The van der Waals surface area contributed by atoms with Crippen molar-refractivity contribution in [2.24, 2.45) is 5.92 Å². The van der Waals surface area contributed by atoms with Crippen LogP contribution in [0.15, 0.2) is 28.7 Å². The van der Waals surface area contributed by atoms with Crippen LogP contribution in [0.4, 0.5) is 13.2 Å². The number of nitrogens with zero attached hydrogens (tertiary/aromatic N) is 1. The van der Waals surface area contributed by atoms with Gasteiger partial charge in [0.25, 0.3) is 0 Å². The Hall–Kier alpha value is -1.37. The van der Waals surface area contributed by atoms with Crippen LogP contribution in [-0.2, 0) is 4.79 Å². The molecule has 0 N–H and O–H groups in total. The molecule has 1 unspecified atom stereocenters. The summed E-state index contributed by atoms with van der Waals surface area (Å²) in [6.45, 7) is -0.210. The summed E-state index contributed by atoms with van der Waals surface area (Å²) in [5.41, 5.74) is 0.444. The van der Waals surface area contributed by atoms with Crippen LogP contribution in [0.1, 0.15) is 16.8 Å². The van der Waals surface area contributed by atoms with E-state index in [0.717, 1.165) is 4.47 Å². The van der Waals surface area contributed by atoms with Gasteiger partial charge in [-0.25, -0.2) is 0 Å². The molecule has 1 fully saturated rings. The van der Waals surface area contributed by atoms with Gasteiger partial charge in [0, 0.05) is 29.0 Å². The fourth-order valence-electron chi connectivity index (χ4n) is 2.19. The Kier molecular flexibility index (Phi) is 4.17. The van der Waals surface area contributed by atoms with E-state index in [4.69, 9.17) is 0 Å². The molecule has 0 saturated carbocycles. The molecule has 1 aromatic rings. The Morgan fingerprint density at radius 3 is 2.35 bits per heavy atom. The van der Waals surface area contributed by atoms with Crippen molar-refractivity contribution in [3.05, 3.63) is 34.3 Å². The Balaban J connectivity index is 2.04. The van der Waals surface area contributed by atoms with Gasteiger partial charge in [-0.2, -0.15) is 13.2 Å². The molecule has 0 bridgehead atoms. The number of Topliss-reactive ketones (excluding diaryl/α,β-unsaturated/α-hetero) is 1. The number of likely N-dealkylation sites (tertiary alicyclic amines) is 1. The molecular formula is C13H11BrF3NO2. The average Bonchev–Trinajstić information content (AvgIpc) is 2.86. The van der Waals surface area contributed by atoms with Crippen molar-refractivity contribution in [2.45, 2.75) is 12.6 Å². The van der Waals surface area contributed by atoms with Crippen molar-refractivity contribution in [1.29, 1.82) is 0 Å². The van der Waals surface area contributed by atoms with E-state index in [0.29, 0.717) is 10.5 Å². The van der Waals surface area contributed by atoms with Gasteiger partial charge in [0.1, 0.15) is 0 Å². The van der Waals surface area contributed by atoms with Crippen LogP contribution >= 0.6 is 15.9 Å². The van der Waals surface area contributed by atoms with E-state index in [2.05, 4.69) is 15.9 Å². The molecule has 0 aliphatic carbocycles. The van der Waals surface area contributed by atoms with Crippen LogP contribution in [0.5, 0.6) is 0 Å². The second kappa shape index (κ2) is 5.55. The molecule has 0 aromatic heterocycles. The van der Waals surface area contributed by atoms with Gasteiger partial charge in [0.15, 0.2) is 5.78 Å². The minimum atomic E-state index is -4.88. The van der Waals surface area contributed by atoms with Crippen LogP contribution < -0.4 is 0 Å². The molecule has 1 atom stereocenters. The second-order valence-corrected chi connectivity index (χ2v) is 5.52. The first kappa shape index (κ1) is 15.0. The van der Waals surface area contributed by atoms with E-state index in [1.165, 1.54) is 0 Å². The summed E-state index contributed by atoms with van der Waals surface area (Å²) >= 11 is 3.24. The fraction of sp³-hybridized carbons (Fsp3) is 0.385. The zero-order valence-corrected chi connectivity index (χ0v) is 11.9. The molecule has 2 rings (SSSR count). The summed E-state index contributed by atoms with van der Waals surface area (Å²) in [4.78, 5) is 23.9. The number of alkyl halides is 3. The fourth-order valence-corrected chi connectivity index (χ4v) is 2.45. The maximum absolute atomic E-state index is 12.3. The molecule has 0 spiro atoms. The smallest absolute Gasteiger partial charge is 0.334 e. The molecule has 1 heterocycles. The number of carbonyl (C=O) groups is 2. The third kappa shape index (κ3) is 3.20. The Labute approximate surface area is 121 Å². The molecule has 7 heteroatoms. The van der Waals surface area contributed by atoms with Gasteiger partial charge in [0.2, 0.25) is 0 Å². The number of hydrogen-bond donors (Lipinski definition) is 0. The van der Waals surface area contributed by atoms with Gasteiger partial charge >= 0.3 is 12.1 Å². The Morgan fingerprint density at radius 2 is 1.80 bits per heavy atom. The molecule has 1 aliphatic rings. The van der Waals surface area contributed by atoms with E-state index in [-0.39, 0.29) is 25.3 Å². The highest BCUT2D eigenvalue weighted by Crippen LogP contribution is 2.26. The van der Waals surface area contributed by atoms with Gasteiger partial charge in [-0.1, -0.05) is 28.1 Å². The number of carbonyl (C=O) groups excluding carboxylic acids is 2. The number of rotatable bonds is 2. The number of ketones is 1. The lowest BCUT2D eigenvalue weighted by Gasteiger charge is -2.17. The average molecular weight is 350 g/mol. The monoisotopic (exact) mass is 349 g/mol. The molecule has 3 nitrogen and oxygen atoms in total. The van der Waals surface area contributed by atoms with Crippen LogP contribution in [0.25, 0.3) is 0 Å². The molecule has 20 heavy (non-hydrogen) atoms.